The summed E-state index contributed by atoms with van der Waals surface area (Å²) in [5, 5.41) is 11.2. The lowest BCUT2D eigenvalue weighted by Gasteiger charge is -2.33. The molecular weight excluding hydrogens is 799 g/mol. The summed E-state index contributed by atoms with van der Waals surface area (Å²) >= 11 is 0. The lowest BCUT2D eigenvalue weighted by Crippen LogP contribution is -2.54. The number of amides is 5. The maximum absolute atomic E-state index is 13.9. The number of imide groups is 2. The van der Waals surface area contributed by atoms with Crippen LogP contribution in [0.2, 0.25) is 0 Å². The molecule has 5 aromatic carbocycles. The minimum Gasteiger partial charge on any atom is -0.457 e. The molecule has 7 aromatic rings. The largest absolute Gasteiger partial charge is 0.457 e. The number of benzene rings is 5. The van der Waals surface area contributed by atoms with Crippen LogP contribution in [0, 0.1) is 0 Å². The van der Waals surface area contributed by atoms with Crippen molar-refractivity contribution in [1.82, 2.24) is 34.9 Å². The third kappa shape index (κ3) is 7.39. The Bertz CT molecular complexity index is 2950. The van der Waals surface area contributed by atoms with Crippen molar-refractivity contribution >= 4 is 57.8 Å². The van der Waals surface area contributed by atoms with E-state index in [1.54, 1.807) is 18.2 Å². The number of anilines is 3. The Kier molecular flexibility index (Phi) is 9.90. The Hall–Kier alpha value is -8.20. The zero-order valence-electron chi connectivity index (χ0n) is 33.7. The maximum Gasteiger partial charge on any atom is 0.262 e. The molecule has 1 unspecified atom stereocenters. The minimum absolute atomic E-state index is 0.0545. The molecule has 15 nitrogen and oxygen atoms in total. The number of nitrogens with two attached hydrogens (primary N) is 1. The highest BCUT2D eigenvalue weighted by Crippen LogP contribution is 2.36. The fraction of sp³-hybridized carbons (Fsp3) is 0.167. The van der Waals surface area contributed by atoms with Crippen LogP contribution >= 0.6 is 0 Å². The van der Waals surface area contributed by atoms with E-state index in [1.807, 2.05) is 113 Å². The second kappa shape index (κ2) is 16.0. The molecule has 0 bridgehead atoms. The van der Waals surface area contributed by atoms with Crippen molar-refractivity contribution in [3.05, 3.63) is 144 Å². The van der Waals surface area contributed by atoms with Gasteiger partial charge in [-0.25, -0.2) is 14.6 Å². The Labute approximate surface area is 360 Å². The van der Waals surface area contributed by atoms with Gasteiger partial charge < -0.3 is 20.7 Å². The summed E-state index contributed by atoms with van der Waals surface area (Å²) in [6.45, 7) is 1.07. The van der Waals surface area contributed by atoms with Crippen LogP contribution in [0.4, 0.5) is 17.2 Å². The fourth-order valence-corrected chi connectivity index (χ4v) is 8.55. The van der Waals surface area contributed by atoms with Crippen molar-refractivity contribution in [2.24, 2.45) is 0 Å². The Balaban J connectivity index is 0.801. The van der Waals surface area contributed by atoms with E-state index >= 15 is 0 Å². The number of rotatable bonds is 9. The number of carbonyl (C=O) groups excluding carboxylic acids is 5. The average Bonchev–Trinajstić information content (AvgIpc) is 3.82. The number of carbonyl (C=O) groups is 5. The van der Waals surface area contributed by atoms with Gasteiger partial charge in [-0.05, 0) is 109 Å². The molecule has 10 rings (SSSR count). The number of nitrogens with zero attached hydrogens (tertiary/aromatic N) is 6. The number of likely N-dealkylation sites (tertiary alicyclic amines) is 1. The van der Waals surface area contributed by atoms with Crippen molar-refractivity contribution in [2.45, 2.75) is 37.8 Å². The molecule has 3 aliphatic rings. The fourth-order valence-electron chi connectivity index (χ4n) is 8.55. The van der Waals surface area contributed by atoms with E-state index in [4.69, 9.17) is 15.6 Å². The monoisotopic (exact) mass is 837 g/mol. The van der Waals surface area contributed by atoms with E-state index in [0.717, 1.165) is 45.9 Å². The lowest BCUT2D eigenvalue weighted by atomic mass is 10.0. The number of nitrogens with one attached hydrogen (secondary N) is 2. The van der Waals surface area contributed by atoms with Gasteiger partial charge in [-0.1, -0.05) is 42.5 Å². The van der Waals surface area contributed by atoms with Crippen LogP contribution in [0.25, 0.3) is 33.4 Å². The van der Waals surface area contributed by atoms with E-state index in [0.29, 0.717) is 52.6 Å². The van der Waals surface area contributed by atoms with Crippen molar-refractivity contribution in [2.75, 3.05) is 24.1 Å². The molecule has 312 valence electrons. The highest BCUT2D eigenvalue weighted by atomic mass is 16.5. The number of fused-ring (bicyclic) bond motifs is 2. The molecule has 5 amide bonds. The molecule has 0 saturated carbocycles. The predicted molar refractivity (Wildman–Crippen MR) is 234 cm³/mol. The minimum atomic E-state index is -1.03. The van der Waals surface area contributed by atoms with Gasteiger partial charge in [0.25, 0.3) is 17.7 Å². The smallest absolute Gasteiger partial charge is 0.262 e. The van der Waals surface area contributed by atoms with Gasteiger partial charge in [0.05, 0.1) is 22.6 Å². The molecule has 15 heteroatoms. The Morgan fingerprint density at radius 1 is 0.746 bits per heavy atom. The molecular formula is C48H39N9O6. The molecule has 2 aromatic heterocycles. The van der Waals surface area contributed by atoms with Gasteiger partial charge in [-0.15, -0.1) is 0 Å². The van der Waals surface area contributed by atoms with E-state index in [-0.39, 0.29) is 35.9 Å². The van der Waals surface area contributed by atoms with E-state index in [1.165, 1.54) is 6.33 Å². The topological polar surface area (TPSA) is 195 Å². The zero-order valence-corrected chi connectivity index (χ0v) is 33.7. The number of aromatic nitrogens is 4. The van der Waals surface area contributed by atoms with Crippen LogP contribution in [0.5, 0.6) is 11.5 Å². The molecule has 2 saturated heterocycles. The van der Waals surface area contributed by atoms with Gasteiger partial charge in [-0.2, -0.15) is 5.10 Å². The van der Waals surface area contributed by atoms with E-state index < -0.39 is 29.7 Å². The number of ether oxygens (including phenoxy) is 1. The van der Waals surface area contributed by atoms with E-state index in [9.17, 15) is 24.0 Å². The normalized spacial score (nSPS) is 17.5. The van der Waals surface area contributed by atoms with Crippen LogP contribution in [0.1, 0.15) is 62.8 Å². The molecule has 2 fully saturated rings. The number of nitrogen functional groups attached to an aromatic ring is 1. The van der Waals surface area contributed by atoms with Crippen molar-refractivity contribution in [1.29, 1.82) is 0 Å². The highest BCUT2D eigenvalue weighted by Gasteiger charge is 2.44. The second-order valence-corrected chi connectivity index (χ2v) is 15.7. The molecule has 2 atom stereocenters. The number of para-hydroxylation sites is 1. The highest BCUT2D eigenvalue weighted by molar-refractivity contribution is 6.23. The molecule has 4 N–H and O–H groups in total. The van der Waals surface area contributed by atoms with Crippen molar-refractivity contribution in [3.63, 3.8) is 0 Å². The summed E-state index contributed by atoms with van der Waals surface area (Å²) in [5.74, 6) is -0.503. The molecule has 0 aliphatic carbocycles. The van der Waals surface area contributed by atoms with Crippen LogP contribution < -0.4 is 21.1 Å². The SMILES string of the molecule is Nc1ncnc2c1c(-c1ccc(Oc3ccccc3)cc1)nn2[C@@H]1CCCN(C(=O)c2ccc(-c3ccc(Nc4ccc5c(c4)C(=O)N(C4CCC(=O)NC4=O)C5=O)cc3)cc2)C1. The predicted octanol–water partition coefficient (Wildman–Crippen LogP) is 7.16. The maximum atomic E-state index is 13.9. The first-order valence-electron chi connectivity index (χ1n) is 20.6. The summed E-state index contributed by atoms with van der Waals surface area (Å²) in [6.07, 6.45) is 3.19. The van der Waals surface area contributed by atoms with Gasteiger partial charge in [0, 0.05) is 42.0 Å². The van der Waals surface area contributed by atoms with Gasteiger partial charge in [0.15, 0.2) is 5.65 Å². The van der Waals surface area contributed by atoms with Crippen molar-refractivity contribution < 1.29 is 28.7 Å². The van der Waals surface area contributed by atoms with Crippen LogP contribution in [-0.4, -0.2) is 78.2 Å². The standard InChI is InChI=1S/C48H39N9O6/c49-43-41-42(30-14-19-36(20-15-30)63-35-6-2-1-3-7-35)54-57(44(41)51-27-50-43)34-5-4-24-55(26-34)46(60)31-10-8-28(9-11-31)29-12-16-32(17-13-29)52-33-18-21-37-38(25-33)48(62)56(47(37)61)39-22-23-40(58)53-45(39)59/h1-3,6-21,25,27,34,39,52H,4-5,22-24,26H2,(H2,49,50,51)(H,53,58,59)/t34-,39?/m1/s1. The van der Waals surface area contributed by atoms with E-state index in [2.05, 4.69) is 20.6 Å². The molecule has 5 heterocycles. The van der Waals surface area contributed by atoms with Gasteiger partial charge in [-0.3, -0.25) is 34.2 Å². The first-order valence-corrected chi connectivity index (χ1v) is 20.6. The second-order valence-electron chi connectivity index (χ2n) is 15.7. The zero-order chi connectivity index (χ0) is 43.2. The van der Waals surface area contributed by atoms with Gasteiger partial charge >= 0.3 is 0 Å². The van der Waals surface area contributed by atoms with Gasteiger partial charge in [0.1, 0.15) is 35.4 Å². The lowest BCUT2D eigenvalue weighted by molar-refractivity contribution is -0.136. The molecule has 3 aliphatic heterocycles. The quantitative estimate of drug-likeness (QED) is 0.125. The average molecular weight is 838 g/mol. The van der Waals surface area contributed by atoms with Crippen LogP contribution in [0.3, 0.4) is 0 Å². The first kappa shape index (κ1) is 39.0. The Morgan fingerprint density at radius 3 is 2.17 bits per heavy atom. The Morgan fingerprint density at radius 2 is 1.43 bits per heavy atom. The van der Waals surface area contributed by atoms with Gasteiger partial charge in [0.2, 0.25) is 11.8 Å². The number of hydrogen-bond acceptors (Lipinski definition) is 11. The summed E-state index contributed by atoms with van der Waals surface area (Å²) in [4.78, 5) is 76.1. The number of piperidine rings is 2. The number of hydrogen-bond donors (Lipinski definition) is 3. The van der Waals surface area contributed by atoms with Crippen LogP contribution in [0.15, 0.2) is 128 Å². The summed E-state index contributed by atoms with van der Waals surface area (Å²) in [7, 11) is 0. The summed E-state index contributed by atoms with van der Waals surface area (Å²) in [6, 6.07) is 36.2. The third-order valence-electron chi connectivity index (χ3n) is 11.7. The summed E-state index contributed by atoms with van der Waals surface area (Å²) in [5.41, 5.74) is 12.7. The third-order valence-corrected chi connectivity index (χ3v) is 11.7. The summed E-state index contributed by atoms with van der Waals surface area (Å²) < 4.78 is 7.88. The first-order chi connectivity index (χ1) is 30.7. The molecule has 0 radical (unpaired) electrons. The molecule has 0 spiro atoms. The molecule has 63 heavy (non-hydrogen) atoms. The van der Waals surface area contributed by atoms with Crippen molar-refractivity contribution in [3.8, 4) is 33.9 Å². The van der Waals surface area contributed by atoms with Crippen LogP contribution in [-0.2, 0) is 9.59 Å².